The van der Waals surface area contributed by atoms with Gasteiger partial charge in [0, 0.05) is 55.1 Å². The molecule has 1 aliphatic rings. The molecule has 0 saturated carbocycles. The van der Waals surface area contributed by atoms with Gasteiger partial charge in [-0.3, -0.25) is 14.1 Å². The maximum Gasteiger partial charge on any atom is 0.258 e. The molecule has 0 bridgehead atoms. The zero-order valence-corrected chi connectivity index (χ0v) is 15.8. The van der Waals surface area contributed by atoms with E-state index in [0.717, 1.165) is 42.0 Å². The average molecular weight is 415 g/mol. The van der Waals surface area contributed by atoms with Gasteiger partial charge in [-0.15, -0.1) is 0 Å². The fourth-order valence-corrected chi connectivity index (χ4v) is 3.60. The first-order valence-electron chi connectivity index (χ1n) is 8.53. The van der Waals surface area contributed by atoms with Gasteiger partial charge in [0.1, 0.15) is 11.4 Å². The highest BCUT2D eigenvalue weighted by atomic mass is 79.9. The first kappa shape index (κ1) is 17.1. The molecule has 3 aromatic rings. The van der Waals surface area contributed by atoms with E-state index in [4.69, 9.17) is 0 Å². The lowest BCUT2D eigenvalue weighted by Gasteiger charge is -2.36. The summed E-state index contributed by atoms with van der Waals surface area (Å²) < 4.78 is 2.41. The van der Waals surface area contributed by atoms with E-state index in [9.17, 15) is 9.90 Å². The van der Waals surface area contributed by atoms with Crippen molar-refractivity contribution in [2.75, 3.05) is 31.1 Å². The third kappa shape index (κ3) is 3.59. The SMILES string of the molecule is O=c1cc(CN2CCN(c3ccc(O)cc3)CC2)nc2ccc(Br)cn12. The van der Waals surface area contributed by atoms with E-state index in [2.05, 4.69) is 30.7 Å². The number of fused-ring (bicyclic) bond motifs is 1. The number of piperazine rings is 1. The van der Waals surface area contributed by atoms with Gasteiger partial charge in [-0.25, -0.2) is 4.98 Å². The summed E-state index contributed by atoms with van der Waals surface area (Å²) >= 11 is 3.38. The number of pyridine rings is 1. The minimum Gasteiger partial charge on any atom is -0.508 e. The van der Waals surface area contributed by atoms with Crippen LogP contribution >= 0.6 is 15.9 Å². The van der Waals surface area contributed by atoms with Gasteiger partial charge in [-0.1, -0.05) is 0 Å². The number of benzene rings is 1. The van der Waals surface area contributed by atoms with E-state index in [1.165, 1.54) is 0 Å². The number of aromatic nitrogens is 2. The molecule has 7 heteroatoms. The lowest BCUT2D eigenvalue weighted by molar-refractivity contribution is 0.247. The number of halogens is 1. The van der Waals surface area contributed by atoms with E-state index in [1.54, 1.807) is 28.8 Å². The highest BCUT2D eigenvalue weighted by Gasteiger charge is 2.18. The molecule has 1 aliphatic heterocycles. The van der Waals surface area contributed by atoms with Gasteiger partial charge >= 0.3 is 0 Å². The molecule has 1 saturated heterocycles. The van der Waals surface area contributed by atoms with Crippen molar-refractivity contribution >= 4 is 27.3 Å². The molecule has 3 heterocycles. The van der Waals surface area contributed by atoms with Crippen LogP contribution in [-0.4, -0.2) is 45.6 Å². The average Bonchev–Trinajstić information content (AvgIpc) is 2.64. The number of hydrogen-bond donors (Lipinski definition) is 1. The van der Waals surface area contributed by atoms with Crippen molar-refractivity contribution in [1.82, 2.24) is 14.3 Å². The van der Waals surface area contributed by atoms with E-state index < -0.39 is 0 Å². The highest BCUT2D eigenvalue weighted by Crippen LogP contribution is 2.20. The number of phenols is 1. The summed E-state index contributed by atoms with van der Waals surface area (Å²) in [5.41, 5.74) is 2.53. The van der Waals surface area contributed by atoms with Crippen LogP contribution in [0.4, 0.5) is 5.69 Å². The predicted molar refractivity (Wildman–Crippen MR) is 105 cm³/mol. The number of hydrogen-bond acceptors (Lipinski definition) is 5. The Morgan fingerprint density at radius 2 is 1.77 bits per heavy atom. The Morgan fingerprint density at radius 1 is 1.04 bits per heavy atom. The molecular formula is C19H19BrN4O2. The van der Waals surface area contributed by atoms with Gasteiger partial charge in [0.2, 0.25) is 0 Å². The molecular weight excluding hydrogens is 396 g/mol. The van der Waals surface area contributed by atoms with Crippen molar-refractivity contribution in [2.24, 2.45) is 0 Å². The summed E-state index contributed by atoms with van der Waals surface area (Å²) in [5.74, 6) is 0.285. The van der Waals surface area contributed by atoms with Gasteiger partial charge in [0.15, 0.2) is 0 Å². The normalized spacial score (nSPS) is 15.5. The Labute approximate surface area is 159 Å². The van der Waals surface area contributed by atoms with Crippen LogP contribution in [0.25, 0.3) is 5.65 Å². The summed E-state index contributed by atoms with van der Waals surface area (Å²) in [4.78, 5) is 21.5. The zero-order chi connectivity index (χ0) is 18.1. The monoisotopic (exact) mass is 414 g/mol. The first-order valence-corrected chi connectivity index (χ1v) is 9.32. The molecule has 1 N–H and O–H groups in total. The van der Waals surface area contributed by atoms with Crippen molar-refractivity contribution in [3.63, 3.8) is 0 Å². The van der Waals surface area contributed by atoms with Gasteiger partial charge < -0.3 is 10.0 Å². The molecule has 0 amide bonds. The maximum absolute atomic E-state index is 12.3. The summed E-state index contributed by atoms with van der Waals surface area (Å²) in [7, 11) is 0. The van der Waals surface area contributed by atoms with E-state index in [0.29, 0.717) is 12.2 Å². The molecule has 2 aromatic heterocycles. The molecule has 134 valence electrons. The quantitative estimate of drug-likeness (QED) is 0.713. The number of aromatic hydroxyl groups is 1. The summed E-state index contributed by atoms with van der Waals surface area (Å²) in [5, 5.41) is 9.41. The Hall–Kier alpha value is -2.38. The number of anilines is 1. The molecule has 0 spiro atoms. The van der Waals surface area contributed by atoms with Crippen LogP contribution < -0.4 is 10.5 Å². The Bertz CT molecular complexity index is 979. The van der Waals surface area contributed by atoms with Gasteiger partial charge in [-0.05, 0) is 52.3 Å². The Kier molecular flexibility index (Phi) is 4.65. The number of nitrogens with zero attached hydrogens (tertiary/aromatic N) is 4. The maximum atomic E-state index is 12.3. The molecule has 6 nitrogen and oxygen atoms in total. The second-order valence-corrected chi connectivity index (χ2v) is 7.36. The fraction of sp³-hybridized carbons (Fsp3) is 0.263. The minimum atomic E-state index is -0.0611. The van der Waals surface area contributed by atoms with Crippen LogP contribution in [0.1, 0.15) is 5.69 Å². The molecule has 0 radical (unpaired) electrons. The second-order valence-electron chi connectivity index (χ2n) is 6.44. The Balaban J connectivity index is 1.44. The third-order valence-electron chi connectivity index (χ3n) is 4.65. The number of phenolic OH excluding ortho intramolecular Hbond substituents is 1. The third-order valence-corrected chi connectivity index (χ3v) is 5.12. The first-order chi connectivity index (χ1) is 12.6. The van der Waals surface area contributed by atoms with Crippen LogP contribution in [0.3, 0.4) is 0 Å². The fourth-order valence-electron chi connectivity index (χ4n) is 3.26. The molecule has 1 fully saturated rings. The van der Waals surface area contributed by atoms with Crippen molar-refractivity contribution < 1.29 is 5.11 Å². The topological polar surface area (TPSA) is 61.1 Å². The van der Waals surface area contributed by atoms with E-state index >= 15 is 0 Å². The smallest absolute Gasteiger partial charge is 0.258 e. The minimum absolute atomic E-state index is 0.0611. The molecule has 0 aliphatic carbocycles. The largest absolute Gasteiger partial charge is 0.508 e. The summed E-state index contributed by atoms with van der Waals surface area (Å²) in [6, 6.07) is 12.7. The highest BCUT2D eigenvalue weighted by molar-refractivity contribution is 9.10. The molecule has 1 aromatic carbocycles. The van der Waals surface area contributed by atoms with Crippen molar-refractivity contribution in [1.29, 1.82) is 0 Å². The van der Waals surface area contributed by atoms with Crippen molar-refractivity contribution in [2.45, 2.75) is 6.54 Å². The molecule has 0 unspecified atom stereocenters. The van der Waals surface area contributed by atoms with Crippen LogP contribution in [-0.2, 0) is 6.54 Å². The predicted octanol–water partition coefficient (Wildman–Crippen LogP) is 2.48. The summed E-state index contributed by atoms with van der Waals surface area (Å²) in [6.45, 7) is 4.30. The Morgan fingerprint density at radius 3 is 2.50 bits per heavy atom. The zero-order valence-electron chi connectivity index (χ0n) is 14.2. The van der Waals surface area contributed by atoms with Crippen LogP contribution in [0.5, 0.6) is 5.75 Å². The van der Waals surface area contributed by atoms with Crippen LogP contribution in [0, 0.1) is 0 Å². The molecule has 4 rings (SSSR count). The van der Waals surface area contributed by atoms with E-state index in [-0.39, 0.29) is 11.3 Å². The summed E-state index contributed by atoms with van der Waals surface area (Å²) in [6.07, 6.45) is 1.74. The van der Waals surface area contributed by atoms with Gasteiger partial charge in [0.05, 0.1) is 5.69 Å². The van der Waals surface area contributed by atoms with E-state index in [1.807, 2.05) is 24.3 Å². The van der Waals surface area contributed by atoms with Crippen molar-refractivity contribution in [3.05, 3.63) is 69.2 Å². The lowest BCUT2D eigenvalue weighted by Crippen LogP contribution is -2.46. The lowest BCUT2D eigenvalue weighted by atomic mass is 10.2. The second kappa shape index (κ2) is 7.09. The molecule has 0 atom stereocenters. The van der Waals surface area contributed by atoms with Crippen molar-refractivity contribution in [3.8, 4) is 5.75 Å². The number of rotatable bonds is 3. The van der Waals surface area contributed by atoms with Crippen LogP contribution in [0.2, 0.25) is 0 Å². The van der Waals surface area contributed by atoms with Gasteiger partial charge in [0.25, 0.3) is 5.56 Å². The standard InChI is InChI=1S/C19H19BrN4O2/c20-14-1-6-18-21-15(11-19(26)24(18)12-14)13-22-7-9-23(10-8-22)16-2-4-17(25)5-3-16/h1-6,11-12,25H,7-10,13H2. The molecule has 26 heavy (non-hydrogen) atoms. The van der Waals surface area contributed by atoms with Crippen LogP contribution in [0.15, 0.2) is 57.9 Å². The van der Waals surface area contributed by atoms with Gasteiger partial charge in [-0.2, -0.15) is 0 Å².